The van der Waals surface area contributed by atoms with Crippen molar-refractivity contribution in [2.45, 2.75) is 6.92 Å². The lowest BCUT2D eigenvalue weighted by molar-refractivity contribution is 0.191. The summed E-state index contributed by atoms with van der Waals surface area (Å²) in [6.45, 7) is 8.78. The zero-order valence-corrected chi connectivity index (χ0v) is 11.0. The molecule has 18 heavy (non-hydrogen) atoms. The van der Waals surface area contributed by atoms with Crippen molar-refractivity contribution in [3.05, 3.63) is 24.3 Å². The molecule has 100 valence electrons. The van der Waals surface area contributed by atoms with E-state index < -0.39 is 0 Å². The van der Waals surface area contributed by atoms with Gasteiger partial charge in [-0.1, -0.05) is 6.07 Å². The number of benzene rings is 1. The minimum Gasteiger partial charge on any atom is -0.494 e. The van der Waals surface area contributed by atoms with Gasteiger partial charge in [-0.2, -0.15) is 0 Å². The summed E-state index contributed by atoms with van der Waals surface area (Å²) < 4.78 is 11.2. The maximum atomic E-state index is 5.75. The highest BCUT2D eigenvalue weighted by Crippen LogP contribution is 2.19. The van der Waals surface area contributed by atoms with Crippen LogP contribution in [0.3, 0.4) is 0 Å². The van der Waals surface area contributed by atoms with Gasteiger partial charge in [0.15, 0.2) is 0 Å². The zero-order valence-electron chi connectivity index (χ0n) is 11.0. The van der Waals surface area contributed by atoms with Crippen LogP contribution in [-0.2, 0) is 0 Å². The molecule has 0 saturated carbocycles. The molecule has 0 aromatic heterocycles. The molecule has 4 heteroatoms. The molecule has 2 rings (SSSR count). The third-order valence-corrected chi connectivity index (χ3v) is 3.00. The molecular formula is C14H22N2O2. The predicted octanol–water partition coefficient (Wildman–Crippen LogP) is 1.37. The second-order valence-corrected chi connectivity index (χ2v) is 4.35. The number of nitrogens with zero attached hydrogens (tertiary/aromatic N) is 1. The molecule has 0 amide bonds. The van der Waals surface area contributed by atoms with E-state index in [1.807, 2.05) is 31.2 Å². The topological polar surface area (TPSA) is 33.7 Å². The summed E-state index contributed by atoms with van der Waals surface area (Å²) in [4.78, 5) is 2.42. The quantitative estimate of drug-likeness (QED) is 0.827. The van der Waals surface area contributed by atoms with E-state index in [1.54, 1.807) is 0 Å². The number of hydrogen-bond acceptors (Lipinski definition) is 4. The molecule has 1 aromatic rings. The van der Waals surface area contributed by atoms with Crippen LogP contribution in [0.5, 0.6) is 11.5 Å². The number of piperazine rings is 1. The summed E-state index contributed by atoms with van der Waals surface area (Å²) >= 11 is 0. The van der Waals surface area contributed by atoms with E-state index in [2.05, 4.69) is 10.2 Å². The van der Waals surface area contributed by atoms with Gasteiger partial charge in [0.1, 0.15) is 18.1 Å². The molecule has 0 unspecified atom stereocenters. The molecule has 1 aliphatic rings. The average molecular weight is 250 g/mol. The third kappa shape index (κ3) is 4.20. The number of rotatable bonds is 6. The maximum Gasteiger partial charge on any atom is 0.123 e. The molecule has 4 nitrogen and oxygen atoms in total. The highest BCUT2D eigenvalue weighted by molar-refractivity contribution is 5.32. The van der Waals surface area contributed by atoms with Gasteiger partial charge in [-0.05, 0) is 19.1 Å². The van der Waals surface area contributed by atoms with Crippen molar-refractivity contribution in [1.82, 2.24) is 10.2 Å². The normalized spacial score (nSPS) is 16.5. The van der Waals surface area contributed by atoms with Crippen molar-refractivity contribution >= 4 is 0 Å². The van der Waals surface area contributed by atoms with Crippen LogP contribution in [0, 0.1) is 0 Å². The Morgan fingerprint density at radius 3 is 2.61 bits per heavy atom. The van der Waals surface area contributed by atoms with Crippen molar-refractivity contribution in [2.24, 2.45) is 0 Å². The predicted molar refractivity (Wildman–Crippen MR) is 72.4 cm³/mol. The van der Waals surface area contributed by atoms with E-state index >= 15 is 0 Å². The van der Waals surface area contributed by atoms with Gasteiger partial charge in [-0.25, -0.2) is 0 Å². The van der Waals surface area contributed by atoms with E-state index in [0.717, 1.165) is 50.8 Å². The molecule has 0 atom stereocenters. The molecule has 0 aliphatic carbocycles. The first-order valence-corrected chi connectivity index (χ1v) is 6.67. The smallest absolute Gasteiger partial charge is 0.123 e. The lowest BCUT2D eigenvalue weighted by atomic mass is 10.3. The van der Waals surface area contributed by atoms with Gasteiger partial charge >= 0.3 is 0 Å². The van der Waals surface area contributed by atoms with Crippen LogP contribution in [-0.4, -0.2) is 50.8 Å². The van der Waals surface area contributed by atoms with Crippen molar-refractivity contribution < 1.29 is 9.47 Å². The van der Waals surface area contributed by atoms with Crippen LogP contribution in [0.4, 0.5) is 0 Å². The van der Waals surface area contributed by atoms with Gasteiger partial charge in [-0.3, -0.25) is 4.90 Å². The number of ether oxygens (including phenoxy) is 2. The van der Waals surface area contributed by atoms with Gasteiger partial charge in [0.25, 0.3) is 0 Å². The van der Waals surface area contributed by atoms with Crippen molar-refractivity contribution in [1.29, 1.82) is 0 Å². The van der Waals surface area contributed by atoms with Crippen LogP contribution in [0.25, 0.3) is 0 Å². The highest BCUT2D eigenvalue weighted by atomic mass is 16.5. The minimum atomic E-state index is 0.685. The monoisotopic (exact) mass is 250 g/mol. The van der Waals surface area contributed by atoms with Gasteiger partial charge in [0.05, 0.1) is 6.61 Å². The highest BCUT2D eigenvalue weighted by Gasteiger charge is 2.08. The Hall–Kier alpha value is -1.26. The third-order valence-electron chi connectivity index (χ3n) is 3.00. The fourth-order valence-electron chi connectivity index (χ4n) is 2.05. The molecule has 0 radical (unpaired) electrons. The van der Waals surface area contributed by atoms with Crippen molar-refractivity contribution in [2.75, 3.05) is 45.9 Å². The van der Waals surface area contributed by atoms with Crippen LogP contribution in [0.15, 0.2) is 24.3 Å². The lowest BCUT2D eigenvalue weighted by Crippen LogP contribution is -2.44. The summed E-state index contributed by atoms with van der Waals surface area (Å²) in [5, 5.41) is 3.35. The summed E-state index contributed by atoms with van der Waals surface area (Å²) in [6.07, 6.45) is 0. The molecule has 1 fully saturated rings. The van der Waals surface area contributed by atoms with E-state index in [0.29, 0.717) is 6.61 Å². The van der Waals surface area contributed by atoms with Crippen LogP contribution < -0.4 is 14.8 Å². The minimum absolute atomic E-state index is 0.685. The molecule has 1 N–H and O–H groups in total. The second-order valence-electron chi connectivity index (χ2n) is 4.35. The number of hydrogen-bond donors (Lipinski definition) is 1. The Balaban J connectivity index is 1.73. The Morgan fingerprint density at radius 1 is 1.17 bits per heavy atom. The first-order valence-electron chi connectivity index (χ1n) is 6.67. The fraction of sp³-hybridized carbons (Fsp3) is 0.571. The van der Waals surface area contributed by atoms with Crippen molar-refractivity contribution in [3.8, 4) is 11.5 Å². The van der Waals surface area contributed by atoms with E-state index in [9.17, 15) is 0 Å². The molecule has 1 aliphatic heterocycles. The van der Waals surface area contributed by atoms with Crippen molar-refractivity contribution in [3.63, 3.8) is 0 Å². The van der Waals surface area contributed by atoms with Crippen LogP contribution >= 0.6 is 0 Å². The van der Waals surface area contributed by atoms with Gasteiger partial charge in [0.2, 0.25) is 0 Å². The molecule has 1 heterocycles. The van der Waals surface area contributed by atoms with Gasteiger partial charge in [0, 0.05) is 38.8 Å². The molecule has 0 spiro atoms. The van der Waals surface area contributed by atoms with Gasteiger partial charge in [-0.15, -0.1) is 0 Å². The maximum absolute atomic E-state index is 5.75. The Labute approximate surface area is 109 Å². The Kier molecular flexibility index (Phi) is 5.30. The summed E-state index contributed by atoms with van der Waals surface area (Å²) in [5.74, 6) is 1.76. The first kappa shape index (κ1) is 13.2. The lowest BCUT2D eigenvalue weighted by Gasteiger charge is -2.26. The molecule has 1 aromatic carbocycles. The zero-order chi connectivity index (χ0) is 12.6. The summed E-state index contributed by atoms with van der Waals surface area (Å²) in [6, 6.07) is 7.83. The first-order chi connectivity index (χ1) is 8.88. The number of nitrogens with one attached hydrogen (secondary N) is 1. The Bertz CT molecular complexity index is 351. The van der Waals surface area contributed by atoms with E-state index in [4.69, 9.17) is 9.47 Å². The van der Waals surface area contributed by atoms with Crippen LogP contribution in [0.2, 0.25) is 0 Å². The molecular weight excluding hydrogens is 228 g/mol. The summed E-state index contributed by atoms with van der Waals surface area (Å²) in [7, 11) is 0. The average Bonchev–Trinajstić information content (AvgIpc) is 2.41. The van der Waals surface area contributed by atoms with Crippen LogP contribution in [0.1, 0.15) is 6.92 Å². The standard InChI is InChI=1S/C14H22N2O2/c1-2-17-13-4-3-5-14(12-13)18-11-10-16-8-6-15-7-9-16/h3-5,12,15H,2,6-11H2,1H3. The van der Waals surface area contributed by atoms with Gasteiger partial charge < -0.3 is 14.8 Å². The Morgan fingerprint density at radius 2 is 1.89 bits per heavy atom. The SMILES string of the molecule is CCOc1cccc(OCCN2CCNCC2)c1. The summed E-state index contributed by atoms with van der Waals surface area (Å²) in [5.41, 5.74) is 0. The molecule has 1 saturated heterocycles. The molecule has 0 bridgehead atoms. The van der Waals surface area contributed by atoms with E-state index in [-0.39, 0.29) is 0 Å². The largest absolute Gasteiger partial charge is 0.494 e. The fourth-order valence-corrected chi connectivity index (χ4v) is 2.05. The second kappa shape index (κ2) is 7.24. The van der Waals surface area contributed by atoms with E-state index in [1.165, 1.54) is 0 Å².